The minimum absolute atomic E-state index is 0.0408. The van der Waals surface area contributed by atoms with Crippen LogP contribution in [0.15, 0.2) is 27.9 Å². The summed E-state index contributed by atoms with van der Waals surface area (Å²) in [5, 5.41) is 0.732. The van der Waals surface area contributed by atoms with E-state index in [9.17, 15) is 4.79 Å². The van der Waals surface area contributed by atoms with Gasteiger partial charge in [-0.15, -0.1) is 0 Å². The van der Waals surface area contributed by atoms with E-state index in [1.807, 2.05) is 11.0 Å². The van der Waals surface area contributed by atoms with Gasteiger partial charge in [0.25, 0.3) is 0 Å². The molecule has 0 aliphatic heterocycles. The van der Waals surface area contributed by atoms with Crippen LogP contribution in [0.5, 0.6) is 11.5 Å². The van der Waals surface area contributed by atoms with Crippen LogP contribution >= 0.6 is 0 Å². The van der Waals surface area contributed by atoms with Gasteiger partial charge in [-0.3, -0.25) is 0 Å². The molecule has 2 rings (SSSR count). The summed E-state index contributed by atoms with van der Waals surface area (Å²) in [6.45, 7) is 0. The molecule has 1 aromatic carbocycles. The summed E-state index contributed by atoms with van der Waals surface area (Å²) in [6.07, 6.45) is 0. The molecule has 0 aliphatic carbocycles. The van der Waals surface area contributed by atoms with Crippen molar-refractivity contribution in [1.29, 1.82) is 0 Å². The molecule has 0 saturated carbocycles. The van der Waals surface area contributed by atoms with Gasteiger partial charge in [0.15, 0.2) is 0 Å². The zero-order valence-electron chi connectivity index (χ0n) is 8.44. The Kier molecular flexibility index (Phi) is 2.80. The molecule has 2 aromatic rings. The Hall–Kier alpha value is -1.25. The van der Waals surface area contributed by atoms with Crippen molar-refractivity contribution in [2.24, 2.45) is 0 Å². The molecule has 1 aromatic heterocycles. The van der Waals surface area contributed by atoms with Crippen molar-refractivity contribution in [1.82, 2.24) is 0 Å². The number of methoxy groups -OCH3 is 2. The van der Waals surface area contributed by atoms with Gasteiger partial charge in [-0.2, -0.15) is 0 Å². The van der Waals surface area contributed by atoms with Crippen LogP contribution in [0.25, 0.3) is 9.65 Å². The molecule has 0 spiro atoms. The molecule has 0 amide bonds. The van der Waals surface area contributed by atoms with Crippen molar-refractivity contribution in [2.45, 2.75) is 0 Å². The molecule has 0 saturated heterocycles. The zero-order chi connectivity index (χ0) is 10.8. The van der Waals surface area contributed by atoms with Crippen LogP contribution in [-0.2, 0) is 0 Å². The second-order valence-electron chi connectivity index (χ2n) is 2.99. The van der Waals surface area contributed by atoms with E-state index in [-0.39, 0.29) is 19.9 Å². The monoisotopic (exact) mass is 270 g/mol. The van der Waals surface area contributed by atoms with E-state index in [2.05, 4.69) is 0 Å². The number of benzene rings is 1. The first kappa shape index (κ1) is 10.3. The van der Waals surface area contributed by atoms with E-state index >= 15 is 0 Å². The average Bonchev–Trinajstić information content (AvgIpc) is 2.28. The number of hydrogen-bond acceptors (Lipinski definition) is 3. The molecular weight excluding hydrogens is 259 g/mol. The molecule has 3 nitrogen and oxygen atoms in total. The van der Waals surface area contributed by atoms with E-state index in [4.69, 9.17) is 9.47 Å². The summed E-state index contributed by atoms with van der Waals surface area (Å²) in [5.41, 5.74) is 0.0408. The van der Waals surface area contributed by atoms with Crippen molar-refractivity contribution in [2.75, 3.05) is 14.2 Å². The summed E-state index contributed by atoms with van der Waals surface area (Å²) in [4.78, 5) is 13.5. The first-order valence-corrected chi connectivity index (χ1v) is 6.24. The maximum absolute atomic E-state index is 11.6. The Bertz CT molecular complexity index is 545. The predicted molar refractivity (Wildman–Crippen MR) is 60.3 cm³/mol. The van der Waals surface area contributed by atoms with Gasteiger partial charge in [-0.25, -0.2) is 0 Å². The average molecular weight is 269 g/mol. The van der Waals surface area contributed by atoms with Crippen LogP contribution in [0.4, 0.5) is 0 Å². The van der Waals surface area contributed by atoms with E-state index < -0.39 is 0 Å². The fraction of sp³-hybridized carbons (Fsp3) is 0.182. The molecule has 0 aliphatic rings. The third kappa shape index (κ3) is 1.78. The molecule has 15 heavy (non-hydrogen) atoms. The molecule has 0 atom stereocenters. The van der Waals surface area contributed by atoms with Crippen LogP contribution in [-0.4, -0.2) is 28.7 Å². The van der Waals surface area contributed by atoms with Crippen LogP contribution < -0.4 is 14.9 Å². The van der Waals surface area contributed by atoms with Gasteiger partial charge in [-0.05, 0) is 0 Å². The van der Waals surface area contributed by atoms with Crippen LogP contribution in [0.2, 0.25) is 0 Å². The van der Waals surface area contributed by atoms with E-state index in [1.165, 1.54) is 0 Å². The van der Waals surface area contributed by atoms with E-state index in [0.717, 1.165) is 9.65 Å². The Balaban J connectivity index is 2.81. The van der Waals surface area contributed by atoms with Gasteiger partial charge >= 0.3 is 92.7 Å². The van der Waals surface area contributed by atoms with Crippen LogP contribution in [0.3, 0.4) is 0 Å². The summed E-state index contributed by atoms with van der Waals surface area (Å²) in [5.74, 6) is 1.29. The number of fused-ring (bicyclic) bond motifs is 1. The first-order chi connectivity index (χ1) is 7.26. The fourth-order valence-corrected chi connectivity index (χ4v) is 3.09. The van der Waals surface area contributed by atoms with E-state index in [0.29, 0.717) is 11.5 Å². The second-order valence-corrected chi connectivity index (χ2v) is 4.98. The molecule has 0 N–H and O–H groups in total. The van der Waals surface area contributed by atoms with Gasteiger partial charge in [0.2, 0.25) is 0 Å². The summed E-state index contributed by atoms with van der Waals surface area (Å²) in [7, 11) is 3.16. The van der Waals surface area contributed by atoms with Gasteiger partial charge in [-0.1, -0.05) is 0 Å². The topological polar surface area (TPSA) is 35.5 Å². The Morgan fingerprint density at radius 3 is 2.47 bits per heavy atom. The summed E-state index contributed by atoms with van der Waals surface area (Å²) >= 11 is 0.211. The van der Waals surface area contributed by atoms with Gasteiger partial charge in [0.05, 0.1) is 0 Å². The van der Waals surface area contributed by atoms with Crippen molar-refractivity contribution in [3.05, 3.63) is 33.4 Å². The molecule has 0 bridgehead atoms. The Morgan fingerprint density at radius 2 is 1.80 bits per heavy atom. The molecule has 4 heteroatoms. The number of rotatable bonds is 2. The summed E-state index contributed by atoms with van der Waals surface area (Å²) in [6, 6.07) is 5.26. The minimum atomic E-state index is 0.0408. The standard InChI is InChI=1S/C11H10O3Se/c1-13-9-5-7-8(12)3-4-15-11(7)6-10(9)14-2/h3-6H,1-2H3. The van der Waals surface area contributed by atoms with Crippen molar-refractivity contribution in [3.8, 4) is 11.5 Å². The summed E-state index contributed by atoms with van der Waals surface area (Å²) < 4.78 is 11.4. The molecule has 0 radical (unpaired) electrons. The maximum atomic E-state index is 11.6. The quantitative estimate of drug-likeness (QED) is 0.770. The van der Waals surface area contributed by atoms with E-state index in [1.54, 1.807) is 26.4 Å². The van der Waals surface area contributed by atoms with Gasteiger partial charge in [0, 0.05) is 0 Å². The van der Waals surface area contributed by atoms with Crippen LogP contribution in [0.1, 0.15) is 0 Å². The van der Waals surface area contributed by atoms with Gasteiger partial charge < -0.3 is 0 Å². The molecular formula is C11H10O3Se. The Labute approximate surface area is 93.0 Å². The number of ether oxygens (including phenoxy) is 2. The molecule has 78 valence electrons. The first-order valence-electron chi connectivity index (χ1n) is 4.40. The molecule has 1 heterocycles. The third-order valence-electron chi connectivity index (χ3n) is 2.17. The van der Waals surface area contributed by atoms with Crippen molar-refractivity contribution in [3.63, 3.8) is 0 Å². The fourth-order valence-electron chi connectivity index (χ4n) is 1.41. The third-order valence-corrected chi connectivity index (χ3v) is 3.98. The SMILES string of the molecule is COc1cc2[se]ccc(=O)c2cc1OC. The normalized spacial score (nSPS) is 10.3. The Morgan fingerprint density at radius 1 is 1.13 bits per heavy atom. The van der Waals surface area contributed by atoms with Crippen molar-refractivity contribution < 1.29 is 9.47 Å². The van der Waals surface area contributed by atoms with Crippen molar-refractivity contribution >= 4 is 24.1 Å². The molecule has 0 fully saturated rings. The van der Waals surface area contributed by atoms with Crippen LogP contribution in [0, 0.1) is 0 Å². The second kappa shape index (κ2) is 4.09. The number of hydrogen-bond donors (Lipinski definition) is 0. The zero-order valence-corrected chi connectivity index (χ0v) is 10.2. The predicted octanol–water partition coefficient (Wildman–Crippen LogP) is 1.27. The molecule has 0 unspecified atom stereocenters. The van der Waals surface area contributed by atoms with Gasteiger partial charge in [0.1, 0.15) is 0 Å².